The number of anilines is 1. The Morgan fingerprint density at radius 3 is 2.77 bits per heavy atom. The van der Waals surface area contributed by atoms with Crippen LogP contribution in [-0.2, 0) is 9.59 Å². The highest BCUT2D eigenvalue weighted by molar-refractivity contribution is 6.31. The van der Waals surface area contributed by atoms with E-state index in [0.717, 1.165) is 5.76 Å². The Morgan fingerprint density at radius 2 is 2.12 bits per heavy atom. The molecule has 0 saturated heterocycles. The topological polar surface area (TPSA) is 83.8 Å². The zero-order valence-electron chi connectivity index (χ0n) is 14.9. The molecule has 26 heavy (non-hydrogen) atoms. The molecule has 0 aliphatic heterocycles. The van der Waals surface area contributed by atoms with Gasteiger partial charge in [-0.15, -0.1) is 0 Å². The van der Waals surface area contributed by atoms with Crippen LogP contribution < -0.4 is 15.4 Å². The van der Waals surface area contributed by atoms with Crippen molar-refractivity contribution in [2.24, 2.45) is 0 Å². The monoisotopic (exact) mass is 379 g/mol. The number of ether oxygens (including phenoxy) is 1. The summed E-state index contributed by atoms with van der Waals surface area (Å²) < 4.78 is 10.5. The van der Waals surface area contributed by atoms with Crippen molar-refractivity contribution in [3.05, 3.63) is 47.4 Å². The summed E-state index contributed by atoms with van der Waals surface area (Å²) in [5, 5.41) is 6.23. The fraction of sp³-hybridized carbons (Fsp3) is 0.333. The fourth-order valence-corrected chi connectivity index (χ4v) is 2.46. The summed E-state index contributed by atoms with van der Waals surface area (Å²) in [4.78, 5) is 25.7. The van der Waals surface area contributed by atoms with Crippen LogP contribution in [0.3, 0.4) is 0 Å². The zero-order chi connectivity index (χ0) is 19.1. The van der Waals surface area contributed by atoms with E-state index in [1.807, 2.05) is 13.0 Å². The van der Waals surface area contributed by atoms with Crippen molar-refractivity contribution < 1.29 is 18.7 Å². The molecule has 2 aromatic rings. The molecule has 1 aromatic carbocycles. The Balaban J connectivity index is 1.84. The summed E-state index contributed by atoms with van der Waals surface area (Å²) in [5.74, 6) is 0.675. The molecule has 1 aromatic heterocycles. The summed E-state index contributed by atoms with van der Waals surface area (Å²) in [6.45, 7) is 1.89. The molecule has 2 N–H and O–H groups in total. The Hall–Kier alpha value is -2.51. The number of furan rings is 1. The van der Waals surface area contributed by atoms with Crippen molar-refractivity contribution in [1.82, 2.24) is 10.2 Å². The number of benzene rings is 1. The molecule has 1 atom stereocenters. The number of hydrogen-bond acceptors (Lipinski definition) is 5. The summed E-state index contributed by atoms with van der Waals surface area (Å²) in [6, 6.07) is 8.43. The molecule has 0 spiro atoms. The van der Waals surface area contributed by atoms with Gasteiger partial charge in [0, 0.05) is 12.1 Å². The van der Waals surface area contributed by atoms with Gasteiger partial charge >= 0.3 is 0 Å². The minimum atomic E-state index is -0.347. The third-order valence-corrected chi connectivity index (χ3v) is 4.01. The van der Waals surface area contributed by atoms with E-state index >= 15 is 0 Å². The molecule has 8 heteroatoms. The van der Waals surface area contributed by atoms with Crippen molar-refractivity contribution >= 4 is 29.1 Å². The van der Waals surface area contributed by atoms with Crippen molar-refractivity contribution in [3.8, 4) is 5.75 Å². The number of carbonyl (C=O) groups is 2. The van der Waals surface area contributed by atoms with Crippen molar-refractivity contribution in [2.45, 2.75) is 13.0 Å². The molecule has 7 nitrogen and oxygen atoms in total. The zero-order valence-corrected chi connectivity index (χ0v) is 15.7. The standard InChI is InChI=1S/C18H22ClN3O4/c1-12(15-5-4-8-26-15)20-10-18(24)22(2)11-17(23)21-14-9-13(19)6-7-16(14)25-3/h4-9,12,20H,10-11H2,1-3H3,(H,21,23)/t12-/m0/s1. The first-order valence-corrected chi connectivity index (χ1v) is 8.42. The van der Waals surface area contributed by atoms with Crippen LogP contribution in [-0.4, -0.2) is 44.0 Å². The van der Waals surface area contributed by atoms with Crippen molar-refractivity contribution in [2.75, 3.05) is 32.6 Å². The predicted octanol–water partition coefficient (Wildman–Crippen LogP) is 2.69. The highest BCUT2D eigenvalue weighted by Gasteiger charge is 2.16. The normalized spacial score (nSPS) is 11.7. The number of rotatable bonds is 8. The lowest BCUT2D eigenvalue weighted by Crippen LogP contribution is -2.40. The van der Waals surface area contributed by atoms with Crippen LogP contribution in [0, 0.1) is 0 Å². The molecule has 0 aliphatic carbocycles. The first-order chi connectivity index (χ1) is 12.4. The van der Waals surface area contributed by atoms with Gasteiger partial charge in [-0.05, 0) is 37.3 Å². The molecule has 0 bridgehead atoms. The summed E-state index contributed by atoms with van der Waals surface area (Å²) >= 11 is 5.94. The van der Waals surface area contributed by atoms with Gasteiger partial charge in [-0.25, -0.2) is 0 Å². The Bertz CT molecular complexity index is 749. The van der Waals surface area contributed by atoms with E-state index < -0.39 is 0 Å². The molecule has 0 unspecified atom stereocenters. The third-order valence-electron chi connectivity index (χ3n) is 3.77. The molecular formula is C18H22ClN3O4. The summed E-state index contributed by atoms with van der Waals surface area (Å²) in [6.07, 6.45) is 1.58. The van der Waals surface area contributed by atoms with Gasteiger partial charge in [0.05, 0.1) is 38.2 Å². The quantitative estimate of drug-likeness (QED) is 0.736. The molecule has 2 amide bonds. The van der Waals surface area contributed by atoms with Gasteiger partial charge in [-0.2, -0.15) is 0 Å². The number of halogens is 1. The van der Waals surface area contributed by atoms with E-state index in [9.17, 15) is 9.59 Å². The number of nitrogens with zero attached hydrogens (tertiary/aromatic N) is 1. The Labute approximate surface area is 157 Å². The second-order valence-corrected chi connectivity index (χ2v) is 6.20. The Kier molecular flexibility index (Phi) is 7.06. The first-order valence-electron chi connectivity index (χ1n) is 8.05. The predicted molar refractivity (Wildman–Crippen MR) is 99.4 cm³/mol. The fourth-order valence-electron chi connectivity index (χ4n) is 2.28. The number of likely N-dealkylation sites (N-methyl/N-ethyl adjacent to an activating group) is 1. The van der Waals surface area contributed by atoms with Gasteiger partial charge < -0.3 is 19.4 Å². The van der Waals surface area contributed by atoms with Crippen molar-refractivity contribution in [1.29, 1.82) is 0 Å². The second-order valence-electron chi connectivity index (χ2n) is 5.76. The maximum Gasteiger partial charge on any atom is 0.244 e. The van der Waals surface area contributed by atoms with E-state index in [4.69, 9.17) is 20.8 Å². The number of hydrogen-bond donors (Lipinski definition) is 2. The number of methoxy groups -OCH3 is 1. The maximum atomic E-state index is 12.2. The molecular weight excluding hydrogens is 358 g/mol. The molecule has 0 aliphatic rings. The minimum absolute atomic E-state index is 0.0894. The summed E-state index contributed by atoms with van der Waals surface area (Å²) in [7, 11) is 3.07. The molecule has 0 fully saturated rings. The van der Waals surface area contributed by atoms with Gasteiger partial charge in [0.25, 0.3) is 0 Å². The van der Waals surface area contributed by atoms with Gasteiger partial charge in [-0.1, -0.05) is 11.6 Å². The Morgan fingerprint density at radius 1 is 1.35 bits per heavy atom. The van der Waals surface area contributed by atoms with Crippen LogP contribution in [0.25, 0.3) is 0 Å². The van der Waals surface area contributed by atoms with Crippen LogP contribution in [0.4, 0.5) is 5.69 Å². The van der Waals surface area contributed by atoms with Crippen LogP contribution in [0.5, 0.6) is 5.75 Å². The van der Waals surface area contributed by atoms with E-state index in [-0.39, 0.29) is 30.9 Å². The lowest BCUT2D eigenvalue weighted by Gasteiger charge is -2.19. The molecule has 1 heterocycles. The number of amides is 2. The van der Waals surface area contributed by atoms with Gasteiger partial charge in [0.15, 0.2) is 0 Å². The molecule has 2 rings (SSSR count). The average molecular weight is 380 g/mol. The average Bonchev–Trinajstić information content (AvgIpc) is 3.14. The maximum absolute atomic E-state index is 12.2. The third kappa shape index (κ3) is 5.50. The highest BCUT2D eigenvalue weighted by atomic mass is 35.5. The van der Waals surface area contributed by atoms with E-state index in [1.54, 1.807) is 37.6 Å². The second kappa shape index (κ2) is 9.26. The summed E-state index contributed by atoms with van der Waals surface area (Å²) in [5.41, 5.74) is 0.454. The number of carbonyl (C=O) groups excluding carboxylic acids is 2. The van der Waals surface area contributed by atoms with Gasteiger partial charge in [0.2, 0.25) is 11.8 Å². The van der Waals surface area contributed by atoms with E-state index in [1.165, 1.54) is 12.0 Å². The van der Waals surface area contributed by atoms with Crippen LogP contribution >= 0.6 is 11.6 Å². The molecule has 140 valence electrons. The number of nitrogens with one attached hydrogen (secondary N) is 2. The van der Waals surface area contributed by atoms with E-state index in [0.29, 0.717) is 16.5 Å². The highest BCUT2D eigenvalue weighted by Crippen LogP contribution is 2.27. The lowest BCUT2D eigenvalue weighted by molar-refractivity contribution is -0.132. The SMILES string of the molecule is COc1ccc(Cl)cc1NC(=O)CN(C)C(=O)CN[C@@H](C)c1ccco1. The lowest BCUT2D eigenvalue weighted by atomic mass is 10.2. The van der Waals surface area contributed by atoms with Crippen molar-refractivity contribution in [3.63, 3.8) is 0 Å². The minimum Gasteiger partial charge on any atom is -0.495 e. The largest absolute Gasteiger partial charge is 0.495 e. The smallest absolute Gasteiger partial charge is 0.244 e. The van der Waals surface area contributed by atoms with Gasteiger partial charge in [0.1, 0.15) is 11.5 Å². The molecule has 0 saturated carbocycles. The van der Waals surface area contributed by atoms with E-state index in [2.05, 4.69) is 10.6 Å². The van der Waals surface area contributed by atoms with Crippen LogP contribution in [0.15, 0.2) is 41.0 Å². The first kappa shape index (κ1) is 19.8. The van der Waals surface area contributed by atoms with Crippen LogP contribution in [0.2, 0.25) is 5.02 Å². The van der Waals surface area contributed by atoms with Gasteiger partial charge in [-0.3, -0.25) is 14.9 Å². The molecule has 0 radical (unpaired) electrons. The van der Waals surface area contributed by atoms with Crippen LogP contribution in [0.1, 0.15) is 18.7 Å².